The van der Waals surface area contributed by atoms with Crippen LogP contribution >= 0.6 is 0 Å². The summed E-state index contributed by atoms with van der Waals surface area (Å²) in [5.74, 6) is -0.347. The summed E-state index contributed by atoms with van der Waals surface area (Å²) in [6.45, 7) is 0. The summed E-state index contributed by atoms with van der Waals surface area (Å²) in [6, 6.07) is 7.23. The largest absolute Gasteiger partial charge is 0.465 e. The Hall–Kier alpha value is -2.10. The SMILES string of the molecule is COC(=O)c1ccccc1-c1cnc[nH]1. The predicted molar refractivity (Wildman–Crippen MR) is 55.4 cm³/mol. The molecule has 0 bridgehead atoms. The summed E-state index contributed by atoms with van der Waals surface area (Å²) in [5.41, 5.74) is 2.13. The molecule has 1 aromatic carbocycles. The predicted octanol–water partition coefficient (Wildman–Crippen LogP) is 1.86. The smallest absolute Gasteiger partial charge is 0.338 e. The number of carbonyl (C=O) groups excluding carboxylic acids is 1. The van der Waals surface area contributed by atoms with E-state index in [-0.39, 0.29) is 5.97 Å². The minimum absolute atomic E-state index is 0.347. The van der Waals surface area contributed by atoms with Gasteiger partial charge in [0.05, 0.1) is 30.9 Å². The second kappa shape index (κ2) is 3.96. The van der Waals surface area contributed by atoms with Crippen LogP contribution in [0.25, 0.3) is 11.3 Å². The number of aromatic nitrogens is 2. The summed E-state index contributed by atoms with van der Waals surface area (Å²) < 4.78 is 4.70. The van der Waals surface area contributed by atoms with Gasteiger partial charge in [-0.15, -0.1) is 0 Å². The van der Waals surface area contributed by atoms with Crippen molar-refractivity contribution < 1.29 is 9.53 Å². The van der Waals surface area contributed by atoms with Crippen molar-refractivity contribution in [3.05, 3.63) is 42.4 Å². The molecule has 1 N–H and O–H groups in total. The number of rotatable bonds is 2. The van der Waals surface area contributed by atoms with E-state index in [1.807, 2.05) is 12.1 Å². The number of methoxy groups -OCH3 is 1. The fraction of sp³-hybridized carbons (Fsp3) is 0.0909. The second-order valence-electron chi connectivity index (χ2n) is 3.00. The lowest BCUT2D eigenvalue weighted by molar-refractivity contribution is 0.0601. The Kier molecular flexibility index (Phi) is 2.49. The first-order chi connectivity index (χ1) is 7.33. The van der Waals surface area contributed by atoms with Crippen LogP contribution in [0.3, 0.4) is 0 Å². The third-order valence-electron chi connectivity index (χ3n) is 2.12. The molecule has 4 heteroatoms. The number of hydrogen-bond donors (Lipinski definition) is 1. The molecule has 0 radical (unpaired) electrons. The van der Waals surface area contributed by atoms with Gasteiger partial charge < -0.3 is 9.72 Å². The fourth-order valence-corrected chi connectivity index (χ4v) is 1.41. The highest BCUT2D eigenvalue weighted by molar-refractivity contribution is 5.96. The van der Waals surface area contributed by atoms with Crippen molar-refractivity contribution in [1.82, 2.24) is 9.97 Å². The number of ether oxygens (including phenoxy) is 1. The van der Waals surface area contributed by atoms with E-state index in [2.05, 4.69) is 9.97 Å². The maximum atomic E-state index is 11.5. The van der Waals surface area contributed by atoms with Crippen molar-refractivity contribution in [3.63, 3.8) is 0 Å². The van der Waals surface area contributed by atoms with E-state index < -0.39 is 0 Å². The number of nitrogens with zero attached hydrogens (tertiary/aromatic N) is 1. The first kappa shape index (κ1) is 9.45. The van der Waals surface area contributed by atoms with Gasteiger partial charge in [0.25, 0.3) is 0 Å². The van der Waals surface area contributed by atoms with Crippen LogP contribution in [0, 0.1) is 0 Å². The number of H-pyrrole nitrogens is 1. The van der Waals surface area contributed by atoms with Crippen LogP contribution in [0.1, 0.15) is 10.4 Å². The monoisotopic (exact) mass is 202 g/mol. The minimum Gasteiger partial charge on any atom is -0.465 e. The van der Waals surface area contributed by atoms with Crippen LogP contribution in [0.4, 0.5) is 0 Å². The third kappa shape index (κ3) is 1.74. The molecule has 0 atom stereocenters. The average Bonchev–Trinajstić information content (AvgIpc) is 2.81. The van der Waals surface area contributed by atoms with E-state index in [0.717, 1.165) is 11.3 Å². The van der Waals surface area contributed by atoms with E-state index in [1.54, 1.807) is 24.7 Å². The standard InChI is InChI=1S/C11H10N2O2/c1-15-11(14)9-5-3-2-4-8(9)10-6-12-7-13-10/h2-7H,1H3,(H,12,13). The molecule has 0 saturated heterocycles. The molecule has 0 aliphatic rings. The van der Waals surface area contributed by atoms with E-state index in [1.165, 1.54) is 7.11 Å². The summed E-state index contributed by atoms with van der Waals surface area (Å²) in [7, 11) is 1.37. The van der Waals surface area contributed by atoms with Crippen LogP contribution in [-0.2, 0) is 4.74 Å². The number of nitrogens with one attached hydrogen (secondary N) is 1. The van der Waals surface area contributed by atoms with E-state index in [4.69, 9.17) is 4.74 Å². The molecule has 0 amide bonds. The highest BCUT2D eigenvalue weighted by Crippen LogP contribution is 2.21. The topological polar surface area (TPSA) is 55.0 Å². The lowest BCUT2D eigenvalue weighted by Crippen LogP contribution is -2.03. The van der Waals surface area contributed by atoms with Crippen molar-refractivity contribution in [2.75, 3.05) is 7.11 Å². The summed E-state index contributed by atoms with van der Waals surface area (Å²) in [4.78, 5) is 18.3. The maximum absolute atomic E-state index is 11.5. The molecule has 0 saturated carbocycles. The van der Waals surface area contributed by atoms with Gasteiger partial charge in [0.1, 0.15) is 0 Å². The van der Waals surface area contributed by atoms with Gasteiger partial charge in [-0.05, 0) is 6.07 Å². The first-order valence-corrected chi connectivity index (χ1v) is 4.49. The number of carbonyl (C=O) groups is 1. The Morgan fingerprint density at radius 3 is 2.87 bits per heavy atom. The normalized spacial score (nSPS) is 9.93. The maximum Gasteiger partial charge on any atom is 0.338 e. The minimum atomic E-state index is -0.347. The summed E-state index contributed by atoms with van der Waals surface area (Å²) in [5, 5.41) is 0. The van der Waals surface area contributed by atoms with E-state index >= 15 is 0 Å². The molecule has 0 fully saturated rings. The lowest BCUT2D eigenvalue weighted by Gasteiger charge is -2.04. The average molecular weight is 202 g/mol. The summed E-state index contributed by atoms with van der Waals surface area (Å²) in [6.07, 6.45) is 3.24. The zero-order chi connectivity index (χ0) is 10.7. The Morgan fingerprint density at radius 1 is 1.40 bits per heavy atom. The number of benzene rings is 1. The first-order valence-electron chi connectivity index (χ1n) is 4.49. The highest BCUT2D eigenvalue weighted by atomic mass is 16.5. The van der Waals surface area contributed by atoms with Crippen LogP contribution in [0.2, 0.25) is 0 Å². The number of esters is 1. The number of imidazole rings is 1. The van der Waals surface area contributed by atoms with Gasteiger partial charge in [0, 0.05) is 5.56 Å². The highest BCUT2D eigenvalue weighted by Gasteiger charge is 2.12. The Morgan fingerprint density at radius 2 is 2.20 bits per heavy atom. The van der Waals surface area contributed by atoms with Crippen LogP contribution in [-0.4, -0.2) is 23.0 Å². The Balaban J connectivity index is 2.52. The van der Waals surface area contributed by atoms with Crippen molar-refractivity contribution in [2.45, 2.75) is 0 Å². The molecule has 1 aromatic heterocycles. The van der Waals surface area contributed by atoms with Crippen LogP contribution in [0.15, 0.2) is 36.8 Å². The van der Waals surface area contributed by atoms with Gasteiger partial charge in [-0.25, -0.2) is 9.78 Å². The molecule has 0 unspecified atom stereocenters. The zero-order valence-corrected chi connectivity index (χ0v) is 8.23. The fourth-order valence-electron chi connectivity index (χ4n) is 1.41. The molecule has 15 heavy (non-hydrogen) atoms. The van der Waals surface area contributed by atoms with Gasteiger partial charge in [0.15, 0.2) is 0 Å². The van der Waals surface area contributed by atoms with Crippen molar-refractivity contribution in [3.8, 4) is 11.3 Å². The van der Waals surface area contributed by atoms with Gasteiger partial charge in [-0.2, -0.15) is 0 Å². The number of hydrogen-bond acceptors (Lipinski definition) is 3. The van der Waals surface area contributed by atoms with Crippen molar-refractivity contribution in [1.29, 1.82) is 0 Å². The quantitative estimate of drug-likeness (QED) is 0.756. The van der Waals surface area contributed by atoms with Crippen LogP contribution < -0.4 is 0 Å². The van der Waals surface area contributed by atoms with Crippen molar-refractivity contribution >= 4 is 5.97 Å². The van der Waals surface area contributed by atoms with Gasteiger partial charge in [-0.3, -0.25) is 0 Å². The molecule has 1 heterocycles. The molecular weight excluding hydrogens is 192 g/mol. The molecule has 2 rings (SSSR count). The summed E-state index contributed by atoms with van der Waals surface area (Å²) >= 11 is 0. The lowest BCUT2D eigenvalue weighted by atomic mass is 10.1. The Labute approximate surface area is 86.9 Å². The van der Waals surface area contributed by atoms with Gasteiger partial charge in [0.2, 0.25) is 0 Å². The second-order valence-corrected chi connectivity index (χ2v) is 3.00. The number of aromatic amines is 1. The molecule has 76 valence electrons. The molecule has 0 aliphatic carbocycles. The van der Waals surface area contributed by atoms with Gasteiger partial charge >= 0.3 is 5.97 Å². The van der Waals surface area contributed by atoms with Crippen LogP contribution in [0.5, 0.6) is 0 Å². The zero-order valence-electron chi connectivity index (χ0n) is 8.23. The molecular formula is C11H10N2O2. The molecule has 2 aromatic rings. The molecule has 4 nitrogen and oxygen atoms in total. The molecule has 0 spiro atoms. The third-order valence-corrected chi connectivity index (χ3v) is 2.12. The van der Waals surface area contributed by atoms with E-state index in [0.29, 0.717) is 5.56 Å². The van der Waals surface area contributed by atoms with Gasteiger partial charge in [-0.1, -0.05) is 18.2 Å². The Bertz CT molecular complexity index is 463. The van der Waals surface area contributed by atoms with Crippen molar-refractivity contribution in [2.24, 2.45) is 0 Å². The molecule has 0 aliphatic heterocycles. The van der Waals surface area contributed by atoms with E-state index in [9.17, 15) is 4.79 Å².